The lowest BCUT2D eigenvalue weighted by molar-refractivity contribution is -0.385. The molecule has 1 amide bonds. The highest BCUT2D eigenvalue weighted by Crippen LogP contribution is 2.47. The van der Waals surface area contributed by atoms with E-state index in [0.29, 0.717) is 18.5 Å². The number of hydrogen-bond acceptors (Lipinski definition) is 4. The summed E-state index contributed by atoms with van der Waals surface area (Å²) in [6, 6.07) is 6.26. The van der Waals surface area contributed by atoms with E-state index in [1.807, 2.05) is 0 Å². The summed E-state index contributed by atoms with van der Waals surface area (Å²) in [5.74, 6) is -0.280. The largest absolute Gasteiger partial charge is 0.396 e. The molecule has 1 aromatic rings. The van der Waals surface area contributed by atoms with Crippen LogP contribution in [0.25, 0.3) is 6.08 Å². The molecule has 0 aromatic heterocycles. The molecule has 1 saturated carbocycles. The second-order valence-electron chi connectivity index (χ2n) is 5.34. The molecule has 0 atom stereocenters. The number of aliphatic hydroxyl groups excluding tert-OH is 1. The predicted octanol–water partition coefficient (Wildman–Crippen LogP) is 1.89. The number of nitro benzene ring substituents is 1. The highest BCUT2D eigenvalue weighted by molar-refractivity contribution is 5.92. The van der Waals surface area contributed by atoms with Gasteiger partial charge in [0.1, 0.15) is 0 Å². The Hall–Kier alpha value is -2.21. The Morgan fingerprint density at radius 1 is 1.43 bits per heavy atom. The standard InChI is InChI=1S/C15H18N2O4/c18-10-9-15(7-8-15)11-16-14(19)6-5-12-3-1-2-4-13(12)17(20)21/h1-6,18H,7-11H2,(H,16,19)/b6-5+. The number of aliphatic hydroxyl groups is 1. The lowest BCUT2D eigenvalue weighted by atomic mass is 10.0. The monoisotopic (exact) mass is 290 g/mol. The molecular weight excluding hydrogens is 272 g/mol. The minimum Gasteiger partial charge on any atom is -0.396 e. The maximum Gasteiger partial charge on any atom is 0.276 e. The van der Waals surface area contributed by atoms with Crippen molar-refractivity contribution in [3.05, 3.63) is 46.0 Å². The van der Waals surface area contributed by atoms with Gasteiger partial charge in [0, 0.05) is 25.3 Å². The molecule has 0 spiro atoms. The van der Waals surface area contributed by atoms with Crippen molar-refractivity contribution in [2.24, 2.45) is 5.41 Å². The zero-order valence-electron chi connectivity index (χ0n) is 11.6. The SMILES string of the molecule is O=C(/C=C/c1ccccc1[N+](=O)[O-])NCC1(CCO)CC1. The van der Waals surface area contributed by atoms with E-state index in [9.17, 15) is 14.9 Å². The van der Waals surface area contributed by atoms with Gasteiger partial charge in [0.05, 0.1) is 10.5 Å². The third-order valence-electron chi connectivity index (χ3n) is 3.78. The van der Waals surface area contributed by atoms with Gasteiger partial charge < -0.3 is 10.4 Å². The van der Waals surface area contributed by atoms with Gasteiger partial charge in [0.2, 0.25) is 5.91 Å². The molecule has 112 valence electrons. The fraction of sp³-hybridized carbons (Fsp3) is 0.400. The zero-order valence-corrected chi connectivity index (χ0v) is 11.6. The zero-order chi connectivity index (χ0) is 15.3. The molecule has 0 unspecified atom stereocenters. The number of amides is 1. The van der Waals surface area contributed by atoms with Gasteiger partial charge in [0.25, 0.3) is 5.69 Å². The summed E-state index contributed by atoms with van der Waals surface area (Å²) < 4.78 is 0. The van der Waals surface area contributed by atoms with Gasteiger partial charge in [-0.05, 0) is 36.8 Å². The molecule has 0 heterocycles. The Bertz CT molecular complexity index is 565. The van der Waals surface area contributed by atoms with Crippen LogP contribution in [0.4, 0.5) is 5.69 Å². The van der Waals surface area contributed by atoms with Crippen LogP contribution in [0.5, 0.6) is 0 Å². The Balaban J connectivity index is 1.92. The van der Waals surface area contributed by atoms with Gasteiger partial charge in [-0.3, -0.25) is 14.9 Å². The molecule has 1 fully saturated rings. The van der Waals surface area contributed by atoms with Crippen LogP contribution in [-0.2, 0) is 4.79 Å². The van der Waals surface area contributed by atoms with Crippen LogP contribution in [0.15, 0.2) is 30.3 Å². The first-order valence-corrected chi connectivity index (χ1v) is 6.86. The van der Waals surface area contributed by atoms with Crippen molar-refractivity contribution in [1.29, 1.82) is 0 Å². The van der Waals surface area contributed by atoms with Gasteiger partial charge in [-0.1, -0.05) is 12.1 Å². The summed E-state index contributed by atoms with van der Waals surface area (Å²) >= 11 is 0. The second-order valence-corrected chi connectivity index (χ2v) is 5.34. The van der Waals surface area contributed by atoms with Crippen molar-refractivity contribution in [3.8, 4) is 0 Å². The topological polar surface area (TPSA) is 92.5 Å². The number of hydrogen-bond donors (Lipinski definition) is 2. The molecule has 2 N–H and O–H groups in total. The number of rotatable bonds is 7. The number of nitrogens with zero attached hydrogens (tertiary/aromatic N) is 1. The van der Waals surface area contributed by atoms with Gasteiger partial charge in [-0.25, -0.2) is 0 Å². The molecule has 21 heavy (non-hydrogen) atoms. The molecule has 1 aliphatic carbocycles. The van der Waals surface area contributed by atoms with Crippen molar-refractivity contribution in [1.82, 2.24) is 5.32 Å². The number of para-hydroxylation sites is 1. The third-order valence-corrected chi connectivity index (χ3v) is 3.78. The van der Waals surface area contributed by atoms with Gasteiger partial charge in [0.15, 0.2) is 0 Å². The number of nitrogens with one attached hydrogen (secondary N) is 1. The summed E-state index contributed by atoms with van der Waals surface area (Å²) in [6.07, 6.45) is 5.47. The van der Waals surface area contributed by atoms with Crippen LogP contribution in [0.3, 0.4) is 0 Å². The first kappa shape index (κ1) is 15.2. The molecule has 2 rings (SSSR count). The molecule has 0 radical (unpaired) electrons. The molecule has 6 nitrogen and oxygen atoms in total. The number of carbonyl (C=O) groups excluding carboxylic acids is 1. The predicted molar refractivity (Wildman–Crippen MR) is 78.5 cm³/mol. The van der Waals surface area contributed by atoms with E-state index in [1.165, 1.54) is 18.2 Å². The molecule has 6 heteroatoms. The van der Waals surface area contributed by atoms with Crippen LogP contribution in [0.2, 0.25) is 0 Å². The maximum atomic E-state index is 11.7. The summed E-state index contributed by atoms with van der Waals surface area (Å²) in [7, 11) is 0. The minimum atomic E-state index is -0.474. The van der Waals surface area contributed by atoms with E-state index in [4.69, 9.17) is 5.11 Å². The van der Waals surface area contributed by atoms with E-state index in [-0.39, 0.29) is 23.6 Å². The van der Waals surface area contributed by atoms with E-state index < -0.39 is 4.92 Å². The normalized spacial score (nSPS) is 15.9. The fourth-order valence-corrected chi connectivity index (χ4v) is 2.22. The van der Waals surface area contributed by atoms with Gasteiger partial charge in [-0.15, -0.1) is 0 Å². The average molecular weight is 290 g/mol. The molecule has 0 aliphatic heterocycles. The fourth-order valence-electron chi connectivity index (χ4n) is 2.22. The Morgan fingerprint density at radius 2 is 2.14 bits per heavy atom. The summed E-state index contributed by atoms with van der Waals surface area (Å²) in [4.78, 5) is 22.1. The highest BCUT2D eigenvalue weighted by atomic mass is 16.6. The number of carbonyl (C=O) groups is 1. The van der Waals surface area contributed by atoms with E-state index >= 15 is 0 Å². The van der Waals surface area contributed by atoms with Crippen molar-refractivity contribution in [2.45, 2.75) is 19.3 Å². The van der Waals surface area contributed by atoms with Crippen molar-refractivity contribution in [3.63, 3.8) is 0 Å². The van der Waals surface area contributed by atoms with Crippen LogP contribution >= 0.6 is 0 Å². The Labute approximate surface area is 122 Å². The quantitative estimate of drug-likeness (QED) is 0.455. The summed E-state index contributed by atoms with van der Waals surface area (Å²) in [5.41, 5.74) is 0.423. The Morgan fingerprint density at radius 3 is 2.76 bits per heavy atom. The van der Waals surface area contributed by atoms with Crippen LogP contribution < -0.4 is 5.32 Å². The van der Waals surface area contributed by atoms with Crippen molar-refractivity contribution < 1.29 is 14.8 Å². The van der Waals surface area contributed by atoms with E-state index in [1.54, 1.807) is 18.2 Å². The summed E-state index contributed by atoms with van der Waals surface area (Å²) in [5, 5.41) is 22.6. The van der Waals surface area contributed by atoms with Gasteiger partial charge in [-0.2, -0.15) is 0 Å². The maximum absolute atomic E-state index is 11.7. The summed E-state index contributed by atoms with van der Waals surface area (Å²) in [6.45, 7) is 0.662. The van der Waals surface area contributed by atoms with Crippen molar-refractivity contribution in [2.75, 3.05) is 13.2 Å². The number of nitro groups is 1. The van der Waals surface area contributed by atoms with E-state index in [0.717, 1.165) is 12.8 Å². The van der Waals surface area contributed by atoms with E-state index in [2.05, 4.69) is 5.32 Å². The van der Waals surface area contributed by atoms with Crippen LogP contribution in [0.1, 0.15) is 24.8 Å². The lowest BCUT2D eigenvalue weighted by Gasteiger charge is -2.13. The molecule has 0 bridgehead atoms. The first-order valence-electron chi connectivity index (χ1n) is 6.86. The third kappa shape index (κ3) is 4.13. The average Bonchev–Trinajstić information content (AvgIpc) is 3.24. The Kier molecular flexibility index (Phi) is 4.70. The molecular formula is C15H18N2O4. The number of benzene rings is 1. The highest BCUT2D eigenvalue weighted by Gasteiger charge is 2.41. The van der Waals surface area contributed by atoms with Gasteiger partial charge >= 0.3 is 0 Å². The molecule has 0 saturated heterocycles. The molecule has 1 aliphatic rings. The lowest BCUT2D eigenvalue weighted by Crippen LogP contribution is -2.29. The molecule has 1 aromatic carbocycles. The minimum absolute atomic E-state index is 0.0273. The second kappa shape index (κ2) is 6.49. The van der Waals surface area contributed by atoms with Crippen LogP contribution in [-0.4, -0.2) is 29.1 Å². The van der Waals surface area contributed by atoms with Crippen LogP contribution in [0, 0.1) is 15.5 Å². The first-order chi connectivity index (χ1) is 10.1. The van der Waals surface area contributed by atoms with Crippen molar-refractivity contribution >= 4 is 17.7 Å². The smallest absolute Gasteiger partial charge is 0.276 e.